The molecule has 2 aliphatic heterocycles. The molecule has 6 aromatic rings. The van der Waals surface area contributed by atoms with Crippen molar-refractivity contribution in [3.8, 4) is 22.3 Å². The van der Waals surface area contributed by atoms with Crippen LogP contribution in [0, 0.1) is 34.9 Å². The smallest absolute Gasteiger partial charge is 0.438 e. The SMILES string of the molecule is C[C@@H](c1ccc(-c2ccc(F)cc2F)cc1)N1CC[C@](CCO)(c2ccc(F)cc2)OC1=O.C[C@@H](c1ccc(-c2ccc(F)cc2F)cc1)N1CC[C@](CCOP(=O)(O)O)(c2ccc(F)cc2)OC1=O.O=P(Cl)(Cl)Cl. The molecule has 400 valence electrons. The Morgan fingerprint density at radius 3 is 1.24 bits per heavy atom. The van der Waals surface area contributed by atoms with E-state index in [2.05, 4.69) is 38.2 Å². The van der Waals surface area contributed by atoms with Gasteiger partial charge in [0.2, 0.25) is 0 Å². The van der Waals surface area contributed by atoms with Gasteiger partial charge in [-0.3, -0.25) is 9.09 Å². The molecule has 8 rings (SSSR count). The monoisotopic (exact) mass is 1140 g/mol. The first-order valence-electron chi connectivity index (χ1n) is 22.9. The van der Waals surface area contributed by atoms with Crippen LogP contribution in [0.25, 0.3) is 22.3 Å². The van der Waals surface area contributed by atoms with Crippen molar-refractivity contribution in [2.24, 2.45) is 0 Å². The van der Waals surface area contributed by atoms with Crippen LogP contribution in [0.15, 0.2) is 133 Å². The maximum atomic E-state index is 14.1. The van der Waals surface area contributed by atoms with Gasteiger partial charge in [-0.25, -0.2) is 40.5 Å². The molecule has 2 amide bonds. The van der Waals surface area contributed by atoms with Crippen molar-refractivity contribution in [3.63, 3.8) is 0 Å². The van der Waals surface area contributed by atoms with Gasteiger partial charge in [0.15, 0.2) is 0 Å². The number of carbonyl (C=O) groups is 2. The molecule has 0 aliphatic carbocycles. The van der Waals surface area contributed by atoms with Gasteiger partial charge in [0, 0.05) is 68.6 Å². The molecule has 2 heterocycles. The summed E-state index contributed by atoms with van der Waals surface area (Å²) in [5.74, 6) is -3.49. The minimum atomic E-state index is -4.73. The van der Waals surface area contributed by atoms with Gasteiger partial charge in [0.25, 0.3) is 0 Å². The largest absolute Gasteiger partial charge is 0.469 e. The van der Waals surface area contributed by atoms with Crippen molar-refractivity contribution >= 4 is 58.9 Å². The van der Waals surface area contributed by atoms with E-state index < -0.39 is 71.5 Å². The Kier molecular flexibility index (Phi) is 19.8. The lowest BCUT2D eigenvalue weighted by atomic mass is 9.85. The molecule has 0 unspecified atom stereocenters. The van der Waals surface area contributed by atoms with E-state index >= 15 is 0 Å². The minimum absolute atomic E-state index is 0.0460. The van der Waals surface area contributed by atoms with Gasteiger partial charge in [-0.15, -0.1) is 0 Å². The van der Waals surface area contributed by atoms with Crippen molar-refractivity contribution in [2.45, 2.75) is 62.8 Å². The van der Waals surface area contributed by atoms with Gasteiger partial charge < -0.3 is 34.2 Å². The molecule has 23 heteroatoms. The summed E-state index contributed by atoms with van der Waals surface area (Å²) in [6.45, 7) is 3.73. The van der Waals surface area contributed by atoms with Crippen molar-refractivity contribution in [1.29, 1.82) is 0 Å². The van der Waals surface area contributed by atoms with E-state index in [4.69, 9.17) is 19.3 Å². The number of phosphoric acid groups is 1. The lowest BCUT2D eigenvalue weighted by Crippen LogP contribution is -2.49. The summed E-state index contributed by atoms with van der Waals surface area (Å²) in [5.41, 5.74) is 2.12. The fourth-order valence-corrected chi connectivity index (χ4v) is 9.12. The number of nitrogens with zero attached hydrogens (tertiary/aromatic N) is 2. The van der Waals surface area contributed by atoms with Crippen LogP contribution in [0.3, 0.4) is 0 Å². The van der Waals surface area contributed by atoms with Crippen LogP contribution >= 0.6 is 46.7 Å². The average molecular weight is 1140 g/mol. The maximum absolute atomic E-state index is 14.1. The van der Waals surface area contributed by atoms with Crippen molar-refractivity contribution in [1.82, 2.24) is 9.80 Å². The Morgan fingerprint density at radius 1 is 0.573 bits per heavy atom. The summed E-state index contributed by atoms with van der Waals surface area (Å²) in [5, 5.41) is 6.34. The van der Waals surface area contributed by atoms with E-state index in [0.29, 0.717) is 40.8 Å². The molecule has 0 spiro atoms. The fraction of sp³-hybridized carbons (Fsp3) is 0.269. The molecule has 0 aromatic heterocycles. The number of benzene rings is 6. The van der Waals surface area contributed by atoms with E-state index in [1.54, 1.807) is 72.5 Å². The number of rotatable bonds is 14. The first-order chi connectivity index (χ1) is 35.3. The van der Waals surface area contributed by atoms with E-state index in [9.17, 15) is 50.2 Å². The number of hydrogen-bond acceptors (Lipinski definition) is 8. The Morgan fingerprint density at radius 2 is 0.920 bits per heavy atom. The van der Waals surface area contributed by atoms with Gasteiger partial charge in [0.1, 0.15) is 46.1 Å². The van der Waals surface area contributed by atoms with Gasteiger partial charge in [0.05, 0.1) is 18.7 Å². The highest BCUT2D eigenvalue weighted by Gasteiger charge is 2.45. The number of ether oxygens (including phenoxy) is 2. The number of aliphatic hydroxyl groups is 1. The van der Waals surface area contributed by atoms with Gasteiger partial charge in [-0.05, 0) is 129 Å². The summed E-state index contributed by atoms with van der Waals surface area (Å²) in [6, 6.07) is 31.1. The zero-order valence-electron chi connectivity index (χ0n) is 39.9. The summed E-state index contributed by atoms with van der Waals surface area (Å²) >= 11 is 13.8. The summed E-state index contributed by atoms with van der Waals surface area (Å²) in [4.78, 5) is 47.3. The summed E-state index contributed by atoms with van der Waals surface area (Å²) in [6.07, 6.45) is -0.319. The number of amides is 2. The highest BCUT2D eigenvalue weighted by atomic mass is 36.0. The van der Waals surface area contributed by atoms with Crippen LogP contribution < -0.4 is 0 Å². The van der Waals surface area contributed by atoms with Crippen LogP contribution in [-0.4, -0.2) is 63.2 Å². The van der Waals surface area contributed by atoms with Crippen LogP contribution in [0.1, 0.15) is 73.9 Å². The van der Waals surface area contributed by atoms with Crippen molar-refractivity contribution < 1.29 is 74.0 Å². The van der Waals surface area contributed by atoms with Crippen molar-refractivity contribution in [3.05, 3.63) is 191 Å². The van der Waals surface area contributed by atoms with Gasteiger partial charge in [-0.2, -0.15) is 0 Å². The van der Waals surface area contributed by atoms with Crippen molar-refractivity contribution in [2.75, 3.05) is 26.3 Å². The van der Waals surface area contributed by atoms with E-state index in [1.165, 1.54) is 65.6 Å². The number of phosphoric ester groups is 1. The molecular weight excluding hydrogens is 1090 g/mol. The van der Waals surface area contributed by atoms with Crippen LogP contribution in [0.2, 0.25) is 0 Å². The van der Waals surface area contributed by atoms with E-state index in [1.807, 2.05) is 6.92 Å². The molecule has 0 bridgehead atoms. The molecule has 3 N–H and O–H groups in total. The molecule has 6 aromatic carbocycles. The third kappa shape index (κ3) is 15.8. The predicted octanol–water partition coefficient (Wildman–Crippen LogP) is 14.8. The first-order valence-corrected chi connectivity index (χ1v) is 28.9. The second-order valence-electron chi connectivity index (χ2n) is 17.4. The number of aliphatic hydroxyl groups excluding tert-OH is 1. The number of carbonyl (C=O) groups excluding carboxylic acids is 2. The molecule has 0 saturated carbocycles. The predicted molar refractivity (Wildman–Crippen MR) is 272 cm³/mol. The molecule has 2 aliphatic rings. The fourth-order valence-electron chi connectivity index (χ4n) is 8.80. The molecule has 4 atom stereocenters. The zero-order chi connectivity index (χ0) is 54.9. The Hall–Kier alpha value is -5.39. The maximum Gasteiger partial charge on any atom is 0.469 e. The Balaban J connectivity index is 0.000000225. The van der Waals surface area contributed by atoms with E-state index in [-0.39, 0.29) is 56.4 Å². The first kappa shape index (κ1) is 58.9. The zero-order valence-corrected chi connectivity index (χ0v) is 44.0. The quantitative estimate of drug-likeness (QED) is 0.0707. The topological polar surface area (TPSA) is 163 Å². The normalized spacial score (nSPS) is 18.6. The number of hydrogen-bond donors (Lipinski definition) is 3. The Labute approximate surface area is 442 Å². The van der Waals surface area contributed by atoms with Gasteiger partial charge >= 0.3 is 25.2 Å². The highest BCUT2D eigenvalue weighted by Crippen LogP contribution is 2.61. The second-order valence-corrected chi connectivity index (χ2v) is 25.3. The van der Waals surface area contributed by atoms with E-state index in [0.717, 1.165) is 23.3 Å². The lowest BCUT2D eigenvalue weighted by Gasteiger charge is -2.43. The lowest BCUT2D eigenvalue weighted by molar-refractivity contribution is -0.0724. The average Bonchev–Trinajstić information content (AvgIpc) is 3.34. The van der Waals surface area contributed by atoms with Crippen LogP contribution in [0.5, 0.6) is 0 Å². The van der Waals surface area contributed by atoms with Crippen LogP contribution in [-0.2, 0) is 34.3 Å². The summed E-state index contributed by atoms with van der Waals surface area (Å²) < 4.78 is 118. The third-order valence-corrected chi connectivity index (χ3v) is 13.3. The summed E-state index contributed by atoms with van der Waals surface area (Å²) in [7, 11) is -4.73. The minimum Gasteiger partial charge on any atom is -0.438 e. The molecule has 75 heavy (non-hydrogen) atoms. The molecule has 2 saturated heterocycles. The number of halogens is 9. The second kappa shape index (κ2) is 25.2. The third-order valence-electron chi connectivity index (χ3n) is 12.8. The standard InChI is InChI=1S/C26H25F3NO6P.C26H24F3NO3.Cl3OP/c1-17(18-2-4-19(5-3-18)23-11-10-22(28)16-24(23)29)30-14-12-26(36-25(30)31,13-15-35-37(32,33)34)20-6-8-21(27)9-7-20;1-17(18-2-4-19(5-3-18)23-11-10-22(28)16-24(23)29)30-14-12-26(13-15-31,33-25(30)32)20-6-8-21(27)9-7-20;1-5(2,3)4/h2-11,16-17H,12-15H2,1H3,(H2,32,33,34);2-11,16-17,31H,12-15H2,1H3;/t2*17-,26-;/m00./s1. The molecule has 2 fully saturated rings. The number of cyclic esters (lactones) is 2. The molecule has 12 nitrogen and oxygen atoms in total. The van der Waals surface area contributed by atoms with Gasteiger partial charge in [-0.1, -0.05) is 72.8 Å². The Bertz CT molecular complexity index is 3020. The molecular formula is C52H49Cl3F6N2O10P2. The highest BCUT2D eigenvalue weighted by molar-refractivity contribution is 8.24. The molecule has 0 radical (unpaired) electrons. The van der Waals surface area contributed by atoms with Crippen LogP contribution in [0.4, 0.5) is 35.9 Å².